The van der Waals surface area contributed by atoms with Gasteiger partial charge in [-0.3, -0.25) is 0 Å². The molecule has 9 heteroatoms. The summed E-state index contributed by atoms with van der Waals surface area (Å²) < 4.78 is 27.9. The average Bonchev–Trinajstić information content (AvgIpc) is 3.28. The molecule has 3 aromatic rings. The van der Waals surface area contributed by atoms with Crippen LogP contribution in [0.25, 0.3) is 5.52 Å². The number of ether oxygens (including phenoxy) is 1. The molecule has 0 amide bonds. The van der Waals surface area contributed by atoms with Gasteiger partial charge >= 0.3 is 0 Å². The molecule has 4 rings (SSSR count). The van der Waals surface area contributed by atoms with Crippen molar-refractivity contribution < 1.29 is 13.5 Å². The first-order valence-electron chi connectivity index (χ1n) is 7.46. The van der Waals surface area contributed by atoms with E-state index < -0.39 is 5.82 Å². The molecule has 0 aliphatic carbocycles. The van der Waals surface area contributed by atoms with E-state index in [-0.39, 0.29) is 16.9 Å². The first-order valence-corrected chi connectivity index (χ1v) is 8.63. The maximum absolute atomic E-state index is 15.1. The molecule has 0 radical (unpaired) electrons. The highest BCUT2D eigenvalue weighted by Gasteiger charge is 2.30. The molecule has 1 N–H and O–H groups in total. The highest BCUT2D eigenvalue weighted by Crippen LogP contribution is 2.39. The molecule has 3 aromatic heterocycles. The summed E-state index contributed by atoms with van der Waals surface area (Å²) in [6.07, 6.45) is 2.95. The van der Waals surface area contributed by atoms with Gasteiger partial charge in [-0.1, -0.05) is 0 Å². The number of halogens is 3. The Morgan fingerprint density at radius 3 is 3.08 bits per heavy atom. The van der Waals surface area contributed by atoms with Crippen molar-refractivity contribution >= 4 is 38.9 Å². The summed E-state index contributed by atoms with van der Waals surface area (Å²) in [6.45, 7) is 0.978. The van der Waals surface area contributed by atoms with Crippen LogP contribution in [-0.4, -0.2) is 21.2 Å². The van der Waals surface area contributed by atoms with Gasteiger partial charge in [0, 0.05) is 6.61 Å². The number of hydrogen-bond acceptors (Lipinski definition) is 5. The van der Waals surface area contributed by atoms with E-state index in [9.17, 15) is 0 Å². The number of anilines is 1. The van der Waals surface area contributed by atoms with Gasteiger partial charge in [0.25, 0.3) is 0 Å². The van der Waals surface area contributed by atoms with Gasteiger partial charge in [0.1, 0.15) is 15.9 Å². The minimum absolute atomic E-state index is 0.0130. The minimum atomic E-state index is -0.410. The summed E-state index contributed by atoms with van der Waals surface area (Å²) in [5, 5.41) is 7.16. The smallest absolute Gasteiger partial charge is 0.243 e. The molecule has 1 aliphatic heterocycles. The second kappa shape index (κ2) is 6.34. The van der Waals surface area contributed by atoms with Gasteiger partial charge in [-0.25, -0.2) is 8.91 Å². The van der Waals surface area contributed by atoms with Crippen LogP contribution in [0.3, 0.4) is 0 Å². The molecule has 1 saturated heterocycles. The molecule has 0 aromatic carbocycles. The third kappa shape index (κ3) is 2.68. The Bertz CT molecular complexity index is 878. The van der Waals surface area contributed by atoms with Crippen molar-refractivity contribution in [3.05, 3.63) is 45.4 Å². The summed E-state index contributed by atoms with van der Waals surface area (Å²) in [4.78, 5) is 4.12. The maximum atomic E-state index is 15.1. The van der Waals surface area contributed by atoms with Crippen molar-refractivity contribution in [2.24, 2.45) is 0 Å². The van der Waals surface area contributed by atoms with Crippen LogP contribution in [0.5, 0.6) is 0 Å². The number of hydrogen-bond donors (Lipinski definition) is 1. The van der Waals surface area contributed by atoms with E-state index in [2.05, 4.69) is 31.3 Å². The van der Waals surface area contributed by atoms with Crippen LogP contribution < -0.4 is 5.32 Å². The normalized spacial score (nSPS) is 17.7. The zero-order valence-corrected chi connectivity index (χ0v) is 14.8. The molecule has 0 spiro atoms. The van der Waals surface area contributed by atoms with E-state index in [1.165, 1.54) is 4.52 Å². The quantitative estimate of drug-likeness (QED) is 0.687. The Morgan fingerprint density at radius 2 is 2.38 bits per heavy atom. The molecule has 1 unspecified atom stereocenters. The lowest BCUT2D eigenvalue weighted by Crippen LogP contribution is -2.06. The number of aromatic nitrogens is 3. The van der Waals surface area contributed by atoms with Crippen LogP contribution in [0.4, 0.5) is 10.2 Å². The Morgan fingerprint density at radius 1 is 1.50 bits per heavy atom. The van der Waals surface area contributed by atoms with Gasteiger partial charge in [0.2, 0.25) is 5.28 Å². The molecular weight excluding hydrogens is 403 g/mol. The molecule has 1 atom stereocenters. The van der Waals surface area contributed by atoms with E-state index in [0.29, 0.717) is 34.9 Å². The predicted octanol–water partition coefficient (Wildman–Crippen LogP) is 4.34. The van der Waals surface area contributed by atoms with Gasteiger partial charge in [-0.15, -0.1) is 5.10 Å². The molecule has 1 fully saturated rings. The van der Waals surface area contributed by atoms with Crippen LogP contribution in [0.2, 0.25) is 5.28 Å². The Kier molecular flexibility index (Phi) is 4.19. The summed E-state index contributed by atoms with van der Waals surface area (Å²) in [5.41, 5.74) is 0.674. The maximum Gasteiger partial charge on any atom is 0.243 e. The summed E-state index contributed by atoms with van der Waals surface area (Å²) in [5.74, 6) is 0.592. The number of fused-ring (bicyclic) bond motifs is 1. The Hall–Kier alpha value is -1.64. The molecule has 6 nitrogen and oxygen atoms in total. The minimum Gasteiger partial charge on any atom is -0.467 e. The Balaban J connectivity index is 1.79. The monoisotopic (exact) mass is 414 g/mol. The van der Waals surface area contributed by atoms with Crippen molar-refractivity contribution in [1.82, 2.24) is 14.6 Å². The second-order valence-corrected chi connectivity index (χ2v) is 6.53. The number of nitrogens with zero attached hydrogens (tertiary/aromatic N) is 3. The van der Waals surface area contributed by atoms with Gasteiger partial charge in [0.05, 0.1) is 24.5 Å². The Labute approximate surface area is 150 Å². The van der Waals surface area contributed by atoms with Crippen molar-refractivity contribution in [1.29, 1.82) is 0 Å². The molecular formula is C15H13BrClFN4O2. The van der Waals surface area contributed by atoms with Crippen molar-refractivity contribution in [3.8, 4) is 0 Å². The topological polar surface area (TPSA) is 64.6 Å². The van der Waals surface area contributed by atoms with E-state index in [1.807, 2.05) is 6.07 Å². The fourth-order valence-corrected chi connectivity index (χ4v) is 3.70. The standard InChI is InChI=1S/C15H13BrClFN4O2/c16-13-10(9-4-2-6-24-9)11(18)12-14(20-15(17)21-22(12)13)19-7-8-3-1-5-23-8/h1,3,5,9H,2,4,6-7H2,(H,19,20,21). The van der Waals surface area contributed by atoms with Gasteiger partial charge in [-0.2, -0.15) is 4.98 Å². The summed E-state index contributed by atoms with van der Waals surface area (Å²) in [6, 6.07) is 3.60. The molecule has 0 saturated carbocycles. The van der Waals surface area contributed by atoms with Crippen LogP contribution in [-0.2, 0) is 11.3 Å². The predicted molar refractivity (Wildman–Crippen MR) is 89.6 cm³/mol. The second-order valence-electron chi connectivity index (χ2n) is 5.44. The SMILES string of the molecule is Fc1c(C2CCCO2)c(Br)n2nc(Cl)nc(NCc3ccco3)c12. The number of rotatable bonds is 4. The van der Waals surface area contributed by atoms with E-state index >= 15 is 4.39 Å². The van der Waals surface area contributed by atoms with Crippen LogP contribution in [0.15, 0.2) is 27.4 Å². The van der Waals surface area contributed by atoms with Crippen molar-refractivity contribution in [3.63, 3.8) is 0 Å². The molecule has 1 aliphatic rings. The van der Waals surface area contributed by atoms with Crippen LogP contribution in [0.1, 0.15) is 30.3 Å². The molecule has 24 heavy (non-hydrogen) atoms. The third-order valence-corrected chi connectivity index (χ3v) is 4.86. The summed E-state index contributed by atoms with van der Waals surface area (Å²) >= 11 is 9.42. The third-order valence-electron chi connectivity index (χ3n) is 3.94. The van der Waals surface area contributed by atoms with Crippen molar-refractivity contribution in [2.75, 3.05) is 11.9 Å². The fourth-order valence-electron chi connectivity index (χ4n) is 2.86. The first kappa shape index (κ1) is 15.9. The van der Waals surface area contributed by atoms with E-state index in [0.717, 1.165) is 12.8 Å². The highest BCUT2D eigenvalue weighted by molar-refractivity contribution is 9.10. The lowest BCUT2D eigenvalue weighted by molar-refractivity contribution is 0.108. The van der Waals surface area contributed by atoms with E-state index in [4.69, 9.17) is 20.8 Å². The van der Waals surface area contributed by atoms with Crippen molar-refractivity contribution in [2.45, 2.75) is 25.5 Å². The van der Waals surface area contributed by atoms with Gasteiger partial charge in [0.15, 0.2) is 11.6 Å². The molecule has 126 valence electrons. The lowest BCUT2D eigenvalue weighted by Gasteiger charge is -2.07. The fraction of sp³-hybridized carbons (Fsp3) is 0.333. The van der Waals surface area contributed by atoms with Crippen LogP contribution in [0, 0.1) is 5.82 Å². The zero-order chi connectivity index (χ0) is 16.7. The van der Waals surface area contributed by atoms with Gasteiger partial charge < -0.3 is 14.5 Å². The highest BCUT2D eigenvalue weighted by atomic mass is 79.9. The largest absolute Gasteiger partial charge is 0.467 e. The number of furan rings is 1. The number of nitrogens with one attached hydrogen (secondary N) is 1. The summed E-state index contributed by atoms with van der Waals surface area (Å²) in [7, 11) is 0. The lowest BCUT2D eigenvalue weighted by atomic mass is 10.1. The van der Waals surface area contributed by atoms with Crippen LogP contribution >= 0.6 is 27.5 Å². The zero-order valence-electron chi connectivity index (χ0n) is 12.4. The van der Waals surface area contributed by atoms with E-state index in [1.54, 1.807) is 12.3 Å². The molecule has 0 bridgehead atoms. The first-order chi connectivity index (χ1) is 11.6. The average molecular weight is 416 g/mol. The van der Waals surface area contributed by atoms with Gasteiger partial charge in [-0.05, 0) is 52.5 Å². The molecule has 4 heterocycles.